The van der Waals surface area contributed by atoms with Crippen molar-refractivity contribution in [3.63, 3.8) is 0 Å². The average Bonchev–Trinajstić information content (AvgIpc) is 2.69. The highest BCUT2D eigenvalue weighted by Gasteiger charge is 2.08. The third kappa shape index (κ3) is 4.97. The Morgan fingerprint density at radius 2 is 1.75 bits per heavy atom. The Morgan fingerprint density at radius 3 is 2.43 bits per heavy atom. The number of anilines is 3. The summed E-state index contributed by atoms with van der Waals surface area (Å²) in [5, 5.41) is 14.1. The molecule has 0 aliphatic carbocycles. The van der Waals surface area contributed by atoms with Crippen molar-refractivity contribution in [2.75, 3.05) is 24.9 Å². The van der Waals surface area contributed by atoms with E-state index in [-0.39, 0.29) is 12.3 Å². The van der Waals surface area contributed by atoms with Crippen LogP contribution < -0.4 is 20.1 Å². The number of hydrogen-bond acceptors (Lipinski definition) is 6. The molecular weight excluding hydrogens is 356 g/mol. The fourth-order valence-electron chi connectivity index (χ4n) is 2.71. The van der Waals surface area contributed by atoms with Gasteiger partial charge in [-0.2, -0.15) is 0 Å². The molecule has 0 fully saturated rings. The van der Waals surface area contributed by atoms with E-state index in [1.165, 1.54) is 0 Å². The molecule has 0 unspecified atom stereocenters. The molecule has 2 N–H and O–H groups in total. The molecule has 3 rings (SSSR count). The van der Waals surface area contributed by atoms with Gasteiger partial charge in [0, 0.05) is 6.07 Å². The first-order valence-corrected chi connectivity index (χ1v) is 8.75. The lowest BCUT2D eigenvalue weighted by Gasteiger charge is -2.12. The van der Waals surface area contributed by atoms with Crippen molar-refractivity contribution in [3.8, 4) is 11.5 Å². The minimum Gasteiger partial charge on any atom is -0.497 e. The second kappa shape index (κ2) is 8.85. The zero-order valence-corrected chi connectivity index (χ0v) is 16.0. The van der Waals surface area contributed by atoms with Crippen LogP contribution in [-0.4, -0.2) is 30.3 Å². The summed E-state index contributed by atoms with van der Waals surface area (Å²) in [6, 6.07) is 16.7. The first-order chi connectivity index (χ1) is 13.6. The van der Waals surface area contributed by atoms with E-state index in [1.54, 1.807) is 38.5 Å². The summed E-state index contributed by atoms with van der Waals surface area (Å²) >= 11 is 0. The highest BCUT2D eigenvalue weighted by atomic mass is 16.5. The molecule has 0 radical (unpaired) electrons. The molecule has 28 heavy (non-hydrogen) atoms. The van der Waals surface area contributed by atoms with Crippen molar-refractivity contribution < 1.29 is 14.3 Å². The van der Waals surface area contributed by atoms with Crippen molar-refractivity contribution in [3.05, 3.63) is 65.7 Å². The molecule has 0 bridgehead atoms. The molecule has 0 spiro atoms. The molecule has 2 aromatic carbocycles. The molecule has 3 aromatic rings. The summed E-state index contributed by atoms with van der Waals surface area (Å²) in [5.74, 6) is 2.11. The number of amides is 1. The Hall–Kier alpha value is -3.61. The Bertz CT molecular complexity index is 958. The van der Waals surface area contributed by atoms with Crippen LogP contribution >= 0.6 is 0 Å². The van der Waals surface area contributed by atoms with Crippen LogP contribution in [-0.2, 0) is 11.2 Å². The number of nitrogens with one attached hydrogen (secondary N) is 2. The van der Waals surface area contributed by atoms with Crippen LogP contribution in [0.4, 0.5) is 17.3 Å². The van der Waals surface area contributed by atoms with Gasteiger partial charge in [-0.05, 0) is 36.8 Å². The Kier molecular flexibility index (Phi) is 6.06. The van der Waals surface area contributed by atoms with Gasteiger partial charge in [-0.25, -0.2) is 0 Å². The van der Waals surface area contributed by atoms with E-state index in [0.717, 1.165) is 11.1 Å². The number of rotatable bonds is 7. The number of hydrogen-bond donors (Lipinski definition) is 2. The lowest BCUT2D eigenvalue weighted by molar-refractivity contribution is -0.115. The van der Waals surface area contributed by atoms with E-state index in [4.69, 9.17) is 9.47 Å². The molecule has 1 aromatic heterocycles. The van der Waals surface area contributed by atoms with Crippen LogP contribution in [0.5, 0.6) is 11.5 Å². The largest absolute Gasteiger partial charge is 0.497 e. The van der Waals surface area contributed by atoms with E-state index in [9.17, 15) is 4.79 Å². The SMILES string of the molecule is COc1ccc(OC)c(Nc2ccc(NC(=O)Cc3cccc(C)c3)nn2)c1. The summed E-state index contributed by atoms with van der Waals surface area (Å²) in [6.45, 7) is 2.00. The first-order valence-electron chi connectivity index (χ1n) is 8.75. The maximum absolute atomic E-state index is 12.2. The highest BCUT2D eigenvalue weighted by Crippen LogP contribution is 2.30. The quantitative estimate of drug-likeness (QED) is 0.652. The molecule has 7 nitrogen and oxygen atoms in total. The van der Waals surface area contributed by atoms with Gasteiger partial charge in [-0.3, -0.25) is 4.79 Å². The van der Waals surface area contributed by atoms with Crippen molar-refractivity contribution in [2.45, 2.75) is 13.3 Å². The minimum absolute atomic E-state index is 0.143. The van der Waals surface area contributed by atoms with Crippen LogP contribution in [0.15, 0.2) is 54.6 Å². The summed E-state index contributed by atoms with van der Waals surface area (Å²) in [6.07, 6.45) is 0.282. The predicted octanol–water partition coefficient (Wildman–Crippen LogP) is 3.73. The smallest absolute Gasteiger partial charge is 0.229 e. The normalized spacial score (nSPS) is 10.2. The number of carbonyl (C=O) groups is 1. The second-order valence-corrected chi connectivity index (χ2v) is 6.21. The molecule has 0 aliphatic rings. The topological polar surface area (TPSA) is 85.4 Å². The third-order valence-corrected chi connectivity index (χ3v) is 4.05. The summed E-state index contributed by atoms with van der Waals surface area (Å²) < 4.78 is 10.6. The van der Waals surface area contributed by atoms with Gasteiger partial charge in [0.25, 0.3) is 0 Å². The van der Waals surface area contributed by atoms with Gasteiger partial charge in [0.1, 0.15) is 11.5 Å². The van der Waals surface area contributed by atoms with Crippen molar-refractivity contribution in [2.24, 2.45) is 0 Å². The average molecular weight is 378 g/mol. The number of nitrogens with zero attached hydrogens (tertiary/aromatic N) is 2. The highest BCUT2D eigenvalue weighted by molar-refractivity contribution is 5.91. The van der Waals surface area contributed by atoms with Gasteiger partial charge in [-0.1, -0.05) is 29.8 Å². The molecule has 1 amide bonds. The van der Waals surface area contributed by atoms with Crippen LogP contribution in [0, 0.1) is 6.92 Å². The maximum atomic E-state index is 12.2. The van der Waals surface area contributed by atoms with Crippen LogP contribution in [0.25, 0.3) is 0 Å². The number of benzene rings is 2. The zero-order valence-electron chi connectivity index (χ0n) is 16.0. The number of methoxy groups -OCH3 is 2. The maximum Gasteiger partial charge on any atom is 0.229 e. The second-order valence-electron chi connectivity index (χ2n) is 6.21. The Balaban J connectivity index is 1.64. The number of carbonyl (C=O) groups excluding carboxylic acids is 1. The van der Waals surface area contributed by atoms with Gasteiger partial charge in [-0.15, -0.1) is 10.2 Å². The van der Waals surface area contributed by atoms with Crippen LogP contribution in [0.3, 0.4) is 0 Å². The minimum atomic E-state index is -0.143. The van der Waals surface area contributed by atoms with Crippen LogP contribution in [0.2, 0.25) is 0 Å². The van der Waals surface area contributed by atoms with E-state index in [1.807, 2.05) is 37.3 Å². The number of aromatic nitrogens is 2. The van der Waals surface area contributed by atoms with Gasteiger partial charge >= 0.3 is 0 Å². The third-order valence-electron chi connectivity index (χ3n) is 4.05. The predicted molar refractivity (Wildman–Crippen MR) is 108 cm³/mol. The fraction of sp³-hybridized carbons (Fsp3) is 0.190. The van der Waals surface area contributed by atoms with E-state index >= 15 is 0 Å². The van der Waals surface area contributed by atoms with E-state index in [2.05, 4.69) is 20.8 Å². The molecule has 0 saturated carbocycles. The lowest BCUT2D eigenvalue weighted by Crippen LogP contribution is -2.15. The monoisotopic (exact) mass is 378 g/mol. The van der Waals surface area contributed by atoms with Gasteiger partial charge in [0.05, 0.1) is 26.3 Å². The van der Waals surface area contributed by atoms with Crippen molar-refractivity contribution in [1.82, 2.24) is 10.2 Å². The van der Waals surface area contributed by atoms with E-state index < -0.39 is 0 Å². The van der Waals surface area contributed by atoms with Gasteiger partial charge in [0.15, 0.2) is 11.6 Å². The lowest BCUT2D eigenvalue weighted by atomic mass is 10.1. The van der Waals surface area contributed by atoms with Crippen molar-refractivity contribution >= 4 is 23.2 Å². The standard InChI is InChI=1S/C21H22N4O3/c1-14-5-4-6-15(11-14)12-21(26)23-20-10-9-19(24-25-20)22-17-13-16(27-2)7-8-18(17)28-3/h4-11,13H,12H2,1-3H3,(H,22,24)(H,23,25,26). The summed E-state index contributed by atoms with van der Waals surface area (Å²) in [7, 11) is 3.19. The van der Waals surface area contributed by atoms with Gasteiger partial charge in [0.2, 0.25) is 5.91 Å². The molecular formula is C21H22N4O3. The molecule has 1 heterocycles. The van der Waals surface area contributed by atoms with Crippen LogP contribution in [0.1, 0.15) is 11.1 Å². The van der Waals surface area contributed by atoms with Crippen molar-refractivity contribution in [1.29, 1.82) is 0 Å². The summed E-state index contributed by atoms with van der Waals surface area (Å²) in [5.41, 5.74) is 2.77. The molecule has 0 aliphatic heterocycles. The summed E-state index contributed by atoms with van der Waals surface area (Å²) in [4.78, 5) is 12.2. The number of aryl methyl sites for hydroxylation is 1. The fourth-order valence-corrected chi connectivity index (χ4v) is 2.71. The van der Waals surface area contributed by atoms with E-state index in [0.29, 0.717) is 28.8 Å². The molecule has 0 saturated heterocycles. The Morgan fingerprint density at radius 1 is 0.964 bits per heavy atom. The number of ether oxygens (including phenoxy) is 2. The zero-order chi connectivity index (χ0) is 19.9. The van der Waals surface area contributed by atoms with Gasteiger partial charge < -0.3 is 20.1 Å². The molecule has 144 valence electrons. The molecule has 7 heteroatoms. The molecule has 0 atom stereocenters. The Labute approximate surface area is 163 Å². The first kappa shape index (κ1) is 19.2.